The van der Waals surface area contributed by atoms with Gasteiger partial charge in [-0.1, -0.05) is 30.4 Å². The Hall–Kier alpha value is -3.21. The zero-order valence-corrected chi connectivity index (χ0v) is 12.4. The highest BCUT2D eigenvalue weighted by Crippen LogP contribution is 2.39. The summed E-state index contributed by atoms with van der Waals surface area (Å²) < 4.78 is 26.4. The van der Waals surface area contributed by atoms with Crippen LogP contribution in [0, 0.1) is 11.6 Å². The summed E-state index contributed by atoms with van der Waals surface area (Å²) in [6, 6.07) is 10.5. The molecule has 3 nitrogen and oxygen atoms in total. The van der Waals surface area contributed by atoms with E-state index in [1.807, 2.05) is 30.4 Å². The number of benzene rings is 3. The van der Waals surface area contributed by atoms with Gasteiger partial charge in [-0.25, -0.2) is 8.78 Å². The van der Waals surface area contributed by atoms with Crippen LogP contribution in [0.2, 0.25) is 0 Å². The lowest BCUT2D eigenvalue weighted by Gasteiger charge is -2.14. The highest BCUT2D eigenvalue weighted by Gasteiger charge is 2.17. The quantitative estimate of drug-likeness (QED) is 0.536. The molecule has 0 fully saturated rings. The molecule has 0 saturated heterocycles. The third-order valence-corrected chi connectivity index (χ3v) is 4.12. The van der Waals surface area contributed by atoms with E-state index in [-0.39, 0.29) is 5.56 Å². The molecule has 0 bridgehead atoms. The lowest BCUT2D eigenvalue weighted by atomic mass is 10.0. The molecule has 5 heteroatoms. The third kappa shape index (κ3) is 2.13. The van der Waals surface area contributed by atoms with Gasteiger partial charge in [0.2, 0.25) is 0 Å². The molecular weight excluding hydrogens is 310 g/mol. The average molecular weight is 322 g/mol. The van der Waals surface area contributed by atoms with E-state index in [1.165, 1.54) is 6.07 Å². The fraction of sp³-hybridized carbons (Fsp3) is 0. The number of carbonyl (C=O) groups is 1. The second kappa shape index (κ2) is 5.16. The molecule has 3 aromatic rings. The van der Waals surface area contributed by atoms with Crippen molar-refractivity contribution in [2.45, 2.75) is 0 Å². The molecule has 0 spiro atoms. The zero-order valence-electron chi connectivity index (χ0n) is 12.4. The van der Waals surface area contributed by atoms with E-state index in [0.717, 1.165) is 34.0 Å². The Morgan fingerprint density at radius 1 is 0.958 bits per heavy atom. The molecule has 0 atom stereocenters. The molecule has 24 heavy (non-hydrogen) atoms. The Morgan fingerprint density at radius 2 is 1.75 bits per heavy atom. The van der Waals surface area contributed by atoms with E-state index in [0.29, 0.717) is 11.4 Å². The van der Waals surface area contributed by atoms with Crippen LogP contribution in [0.3, 0.4) is 0 Å². The molecule has 0 heterocycles. The second-order valence-corrected chi connectivity index (χ2v) is 5.62. The van der Waals surface area contributed by atoms with Crippen molar-refractivity contribution in [1.29, 1.82) is 0 Å². The number of nitrogens with two attached hydrogens (primary N) is 1. The summed E-state index contributed by atoms with van der Waals surface area (Å²) >= 11 is 0. The first-order chi connectivity index (χ1) is 11.5. The number of amides is 1. The predicted octanol–water partition coefficient (Wildman–Crippen LogP) is 4.44. The van der Waals surface area contributed by atoms with Gasteiger partial charge in [0, 0.05) is 10.9 Å². The molecule has 0 radical (unpaired) electrons. The number of rotatable bonds is 2. The fourth-order valence-electron chi connectivity index (χ4n) is 2.98. The van der Waals surface area contributed by atoms with Crippen LogP contribution < -0.4 is 11.1 Å². The maximum Gasteiger partial charge on any atom is 0.255 e. The minimum Gasteiger partial charge on any atom is -0.397 e. The number of hydrogen-bond donors (Lipinski definition) is 2. The van der Waals surface area contributed by atoms with E-state index in [9.17, 15) is 13.6 Å². The van der Waals surface area contributed by atoms with Gasteiger partial charge in [0.05, 0.1) is 11.4 Å². The Kier molecular flexibility index (Phi) is 3.09. The van der Waals surface area contributed by atoms with Gasteiger partial charge in [-0.3, -0.25) is 4.79 Å². The summed E-state index contributed by atoms with van der Waals surface area (Å²) in [4.78, 5) is 12.4. The second-order valence-electron chi connectivity index (χ2n) is 5.62. The van der Waals surface area contributed by atoms with Gasteiger partial charge < -0.3 is 11.1 Å². The molecule has 1 aliphatic rings. The van der Waals surface area contributed by atoms with E-state index >= 15 is 0 Å². The molecule has 0 saturated carbocycles. The Morgan fingerprint density at radius 3 is 2.54 bits per heavy atom. The summed E-state index contributed by atoms with van der Waals surface area (Å²) in [7, 11) is 0. The van der Waals surface area contributed by atoms with Crippen LogP contribution in [0.5, 0.6) is 0 Å². The molecule has 118 valence electrons. The van der Waals surface area contributed by atoms with Crippen LogP contribution in [-0.2, 0) is 0 Å². The molecular formula is C19H12F2N2O. The Labute approximate surface area is 136 Å². The Balaban J connectivity index is 1.79. The van der Waals surface area contributed by atoms with Crippen molar-refractivity contribution >= 4 is 40.2 Å². The maximum atomic E-state index is 13.3. The minimum atomic E-state index is -1.07. The number of halogens is 2. The summed E-state index contributed by atoms with van der Waals surface area (Å²) in [6.07, 6.45) is 3.95. The van der Waals surface area contributed by atoms with E-state index in [1.54, 1.807) is 6.07 Å². The van der Waals surface area contributed by atoms with Crippen LogP contribution in [0.1, 0.15) is 21.5 Å². The largest absolute Gasteiger partial charge is 0.397 e. The normalized spacial score (nSPS) is 11.9. The summed E-state index contributed by atoms with van der Waals surface area (Å²) in [5.41, 5.74) is 9.02. The molecule has 1 aliphatic carbocycles. The number of hydrogen-bond acceptors (Lipinski definition) is 2. The van der Waals surface area contributed by atoms with Crippen LogP contribution in [0.25, 0.3) is 22.9 Å². The number of nitrogen functional groups attached to an aromatic ring is 1. The zero-order chi connectivity index (χ0) is 16.8. The highest BCUT2D eigenvalue weighted by atomic mass is 19.2. The van der Waals surface area contributed by atoms with Gasteiger partial charge in [-0.05, 0) is 40.8 Å². The molecule has 3 N–H and O–H groups in total. The topological polar surface area (TPSA) is 55.1 Å². The molecule has 0 unspecified atom stereocenters. The van der Waals surface area contributed by atoms with Crippen LogP contribution in [0.15, 0.2) is 42.5 Å². The van der Waals surface area contributed by atoms with Crippen LogP contribution in [0.4, 0.5) is 20.2 Å². The summed E-state index contributed by atoms with van der Waals surface area (Å²) in [5, 5.41) is 4.53. The van der Waals surface area contributed by atoms with Gasteiger partial charge in [-0.15, -0.1) is 0 Å². The lowest BCUT2D eigenvalue weighted by molar-refractivity contribution is 0.102. The molecule has 1 amide bonds. The van der Waals surface area contributed by atoms with Crippen LogP contribution >= 0.6 is 0 Å². The number of nitrogens with one attached hydrogen (secondary N) is 1. The first kappa shape index (κ1) is 14.4. The average Bonchev–Trinajstić information content (AvgIpc) is 2.98. The van der Waals surface area contributed by atoms with Gasteiger partial charge in [-0.2, -0.15) is 0 Å². The van der Waals surface area contributed by atoms with Crippen molar-refractivity contribution in [2.24, 2.45) is 0 Å². The standard InChI is InChI=1S/C19H12F2N2O/c20-14-7-6-12(8-15(14)21)19(24)23-18-13-3-1-2-10-4-5-11(17(10)13)9-16(18)22/h1-9H,22H2,(H,23,24). The van der Waals surface area contributed by atoms with E-state index in [2.05, 4.69) is 5.32 Å². The van der Waals surface area contributed by atoms with Gasteiger partial charge in [0.1, 0.15) is 0 Å². The molecule has 0 aliphatic heterocycles. The highest BCUT2D eigenvalue weighted by molar-refractivity contribution is 6.17. The van der Waals surface area contributed by atoms with Crippen LogP contribution in [-0.4, -0.2) is 5.91 Å². The monoisotopic (exact) mass is 322 g/mol. The SMILES string of the molecule is Nc1cc2c3c(cccc3c1NC(=O)c1ccc(F)c(F)c1)C=C2. The molecule has 4 rings (SSSR count). The van der Waals surface area contributed by atoms with Crippen molar-refractivity contribution in [3.63, 3.8) is 0 Å². The molecule has 3 aromatic carbocycles. The molecule has 0 aromatic heterocycles. The predicted molar refractivity (Wildman–Crippen MR) is 91.6 cm³/mol. The number of anilines is 2. The third-order valence-electron chi connectivity index (χ3n) is 4.12. The maximum absolute atomic E-state index is 13.3. The first-order valence-electron chi connectivity index (χ1n) is 7.34. The number of carbonyl (C=O) groups excluding carboxylic acids is 1. The van der Waals surface area contributed by atoms with Crippen molar-refractivity contribution in [3.8, 4) is 0 Å². The van der Waals surface area contributed by atoms with Gasteiger partial charge in [0.25, 0.3) is 5.91 Å². The van der Waals surface area contributed by atoms with E-state index < -0.39 is 17.5 Å². The van der Waals surface area contributed by atoms with Crippen molar-refractivity contribution in [2.75, 3.05) is 11.1 Å². The van der Waals surface area contributed by atoms with Crippen molar-refractivity contribution < 1.29 is 13.6 Å². The summed E-state index contributed by atoms with van der Waals surface area (Å²) in [5.74, 6) is -2.62. The van der Waals surface area contributed by atoms with E-state index in [4.69, 9.17) is 5.73 Å². The van der Waals surface area contributed by atoms with Gasteiger partial charge in [0.15, 0.2) is 11.6 Å². The smallest absolute Gasteiger partial charge is 0.255 e. The Bertz CT molecular complexity index is 1040. The fourth-order valence-corrected chi connectivity index (χ4v) is 2.98. The van der Waals surface area contributed by atoms with Crippen molar-refractivity contribution in [3.05, 3.63) is 70.8 Å². The lowest BCUT2D eigenvalue weighted by Crippen LogP contribution is -2.14. The minimum absolute atomic E-state index is 0.0229. The van der Waals surface area contributed by atoms with Crippen molar-refractivity contribution in [1.82, 2.24) is 0 Å². The summed E-state index contributed by atoms with van der Waals surface area (Å²) in [6.45, 7) is 0. The first-order valence-corrected chi connectivity index (χ1v) is 7.34. The van der Waals surface area contributed by atoms with Gasteiger partial charge >= 0.3 is 0 Å².